The number of esters is 1. The van der Waals surface area contributed by atoms with E-state index in [4.69, 9.17) is 4.74 Å². The minimum absolute atomic E-state index is 0.0544. The van der Waals surface area contributed by atoms with Gasteiger partial charge >= 0.3 is 11.9 Å². The molecule has 0 heterocycles. The third-order valence-electron chi connectivity index (χ3n) is 7.00. The highest BCUT2D eigenvalue weighted by Gasteiger charge is 2.37. The number of hydrogen-bond donors (Lipinski definition) is 1. The molecule has 31 heavy (non-hydrogen) atoms. The van der Waals surface area contributed by atoms with E-state index in [1.165, 1.54) is 83.5 Å². The first-order valence-electron chi connectivity index (χ1n) is 13.5. The molecule has 182 valence electrons. The minimum atomic E-state index is -0.846. The molecule has 0 radical (unpaired) electrons. The van der Waals surface area contributed by atoms with Crippen LogP contribution in [0.3, 0.4) is 0 Å². The van der Waals surface area contributed by atoms with Gasteiger partial charge in [0.1, 0.15) is 6.10 Å². The van der Waals surface area contributed by atoms with Crippen LogP contribution in [0, 0.1) is 11.8 Å². The van der Waals surface area contributed by atoms with Gasteiger partial charge in [-0.05, 0) is 32.1 Å². The molecule has 0 saturated heterocycles. The van der Waals surface area contributed by atoms with Crippen molar-refractivity contribution < 1.29 is 19.4 Å². The Bertz CT molecular complexity index is 462. The molecule has 0 spiro atoms. The maximum Gasteiger partial charge on any atom is 0.310 e. The zero-order valence-corrected chi connectivity index (χ0v) is 20.5. The highest BCUT2D eigenvalue weighted by atomic mass is 16.5. The van der Waals surface area contributed by atoms with Gasteiger partial charge in [0.25, 0.3) is 0 Å². The Labute approximate surface area is 191 Å². The summed E-state index contributed by atoms with van der Waals surface area (Å²) in [6.45, 7) is 4.32. The molecule has 4 nitrogen and oxygen atoms in total. The van der Waals surface area contributed by atoms with E-state index >= 15 is 0 Å². The van der Waals surface area contributed by atoms with Gasteiger partial charge in [-0.15, -0.1) is 0 Å². The molecular formula is C27H50O4. The van der Waals surface area contributed by atoms with Crippen molar-refractivity contribution in [3.05, 3.63) is 0 Å². The topological polar surface area (TPSA) is 63.6 Å². The second-order valence-electron chi connectivity index (χ2n) is 9.69. The standard InChI is InChI=1S/C27H50O4/c1-3-5-6-7-8-9-10-11-12-13-14-15-16-17-20-23(4-2)31-27(30)25-22-19-18-21-24(25)26(28)29/h23-25H,3-22H2,1-2H3,(H,28,29). The summed E-state index contributed by atoms with van der Waals surface area (Å²) in [7, 11) is 0. The fourth-order valence-corrected chi connectivity index (χ4v) is 4.87. The minimum Gasteiger partial charge on any atom is -0.481 e. The lowest BCUT2D eigenvalue weighted by molar-refractivity contribution is -0.164. The van der Waals surface area contributed by atoms with E-state index in [2.05, 4.69) is 13.8 Å². The number of hydrogen-bond acceptors (Lipinski definition) is 3. The Morgan fingerprint density at radius 1 is 0.742 bits per heavy atom. The largest absolute Gasteiger partial charge is 0.481 e. The van der Waals surface area contributed by atoms with E-state index in [0.29, 0.717) is 12.8 Å². The number of carbonyl (C=O) groups is 2. The zero-order valence-electron chi connectivity index (χ0n) is 20.5. The zero-order chi connectivity index (χ0) is 22.7. The van der Waals surface area contributed by atoms with Crippen molar-refractivity contribution in [3.63, 3.8) is 0 Å². The Morgan fingerprint density at radius 2 is 1.19 bits per heavy atom. The van der Waals surface area contributed by atoms with E-state index in [9.17, 15) is 14.7 Å². The third-order valence-corrected chi connectivity index (χ3v) is 7.00. The summed E-state index contributed by atoms with van der Waals surface area (Å²) in [5.74, 6) is -2.12. The van der Waals surface area contributed by atoms with Crippen molar-refractivity contribution in [1.29, 1.82) is 0 Å². The molecular weight excluding hydrogens is 388 g/mol. The Hall–Kier alpha value is -1.06. The number of ether oxygens (including phenoxy) is 1. The fourth-order valence-electron chi connectivity index (χ4n) is 4.87. The van der Waals surface area contributed by atoms with Gasteiger partial charge in [-0.2, -0.15) is 0 Å². The molecule has 1 rings (SSSR count). The fraction of sp³-hybridized carbons (Fsp3) is 0.926. The van der Waals surface area contributed by atoms with Gasteiger partial charge in [0, 0.05) is 0 Å². The number of aliphatic carboxylic acids is 1. The maximum atomic E-state index is 12.5. The van der Waals surface area contributed by atoms with E-state index in [0.717, 1.165) is 32.1 Å². The van der Waals surface area contributed by atoms with E-state index in [1.807, 2.05) is 0 Å². The van der Waals surface area contributed by atoms with Gasteiger partial charge in [-0.25, -0.2) is 0 Å². The number of unbranched alkanes of at least 4 members (excludes halogenated alkanes) is 13. The molecule has 0 aromatic heterocycles. The van der Waals surface area contributed by atoms with Gasteiger partial charge in [0.2, 0.25) is 0 Å². The Morgan fingerprint density at radius 3 is 1.65 bits per heavy atom. The summed E-state index contributed by atoms with van der Waals surface area (Å²) < 4.78 is 5.73. The third kappa shape index (κ3) is 13.2. The van der Waals surface area contributed by atoms with Crippen LogP contribution in [0.1, 0.15) is 142 Å². The quantitative estimate of drug-likeness (QED) is 0.163. The van der Waals surface area contributed by atoms with Crippen molar-refractivity contribution in [2.75, 3.05) is 0 Å². The average molecular weight is 439 g/mol. The van der Waals surface area contributed by atoms with Crippen LogP contribution < -0.4 is 0 Å². The molecule has 4 heteroatoms. The van der Waals surface area contributed by atoms with Crippen molar-refractivity contribution in [1.82, 2.24) is 0 Å². The normalized spacial score (nSPS) is 19.8. The predicted molar refractivity (Wildman–Crippen MR) is 128 cm³/mol. The number of carboxylic acids is 1. The second-order valence-corrected chi connectivity index (χ2v) is 9.69. The molecule has 1 aliphatic carbocycles. The van der Waals surface area contributed by atoms with Gasteiger partial charge in [-0.1, -0.05) is 110 Å². The highest BCUT2D eigenvalue weighted by Crippen LogP contribution is 2.32. The second kappa shape index (κ2) is 18.5. The van der Waals surface area contributed by atoms with E-state index < -0.39 is 17.8 Å². The highest BCUT2D eigenvalue weighted by molar-refractivity contribution is 5.81. The van der Waals surface area contributed by atoms with Crippen LogP contribution in [0.15, 0.2) is 0 Å². The molecule has 3 unspecified atom stereocenters. The van der Waals surface area contributed by atoms with Crippen LogP contribution >= 0.6 is 0 Å². The summed E-state index contributed by atoms with van der Waals surface area (Å²) >= 11 is 0. The summed E-state index contributed by atoms with van der Waals surface area (Å²) in [4.78, 5) is 24.0. The molecule has 0 aromatic carbocycles. The van der Waals surface area contributed by atoms with Crippen molar-refractivity contribution in [3.8, 4) is 0 Å². The van der Waals surface area contributed by atoms with Crippen LogP contribution in [0.4, 0.5) is 0 Å². The lowest BCUT2D eigenvalue weighted by Crippen LogP contribution is -2.35. The summed E-state index contributed by atoms with van der Waals surface area (Å²) in [5, 5.41) is 9.39. The Kier molecular flexibility index (Phi) is 16.7. The molecule has 1 aliphatic rings. The maximum absolute atomic E-state index is 12.5. The van der Waals surface area contributed by atoms with Gasteiger partial charge < -0.3 is 9.84 Å². The lowest BCUT2D eigenvalue weighted by atomic mass is 9.79. The molecule has 1 fully saturated rings. The monoisotopic (exact) mass is 438 g/mol. The first kappa shape index (κ1) is 28.0. The number of carboxylic acid groups (broad SMARTS) is 1. The van der Waals surface area contributed by atoms with Crippen LogP contribution in [0.5, 0.6) is 0 Å². The molecule has 1 N–H and O–H groups in total. The molecule has 0 aromatic rings. The molecule has 0 aliphatic heterocycles. The molecule has 3 atom stereocenters. The molecule has 0 amide bonds. The first-order valence-corrected chi connectivity index (χ1v) is 13.5. The van der Waals surface area contributed by atoms with Crippen LogP contribution in [0.25, 0.3) is 0 Å². The van der Waals surface area contributed by atoms with Gasteiger partial charge in [0.05, 0.1) is 11.8 Å². The number of rotatable bonds is 19. The average Bonchev–Trinajstić information content (AvgIpc) is 2.78. The van der Waals surface area contributed by atoms with E-state index in [1.54, 1.807) is 0 Å². The van der Waals surface area contributed by atoms with E-state index in [-0.39, 0.29) is 12.1 Å². The predicted octanol–water partition coefficient (Wildman–Crippen LogP) is 8.07. The number of carbonyl (C=O) groups excluding carboxylic acids is 1. The van der Waals surface area contributed by atoms with Crippen LogP contribution in [0.2, 0.25) is 0 Å². The summed E-state index contributed by atoms with van der Waals surface area (Å²) in [6, 6.07) is 0. The van der Waals surface area contributed by atoms with Crippen molar-refractivity contribution >= 4 is 11.9 Å². The van der Waals surface area contributed by atoms with Crippen LogP contribution in [-0.2, 0) is 14.3 Å². The van der Waals surface area contributed by atoms with Gasteiger partial charge in [0.15, 0.2) is 0 Å². The van der Waals surface area contributed by atoms with Gasteiger partial charge in [-0.3, -0.25) is 9.59 Å². The van der Waals surface area contributed by atoms with Crippen LogP contribution in [-0.4, -0.2) is 23.1 Å². The first-order chi connectivity index (χ1) is 15.1. The van der Waals surface area contributed by atoms with Crippen molar-refractivity contribution in [2.45, 2.75) is 148 Å². The molecule has 1 saturated carbocycles. The molecule has 0 bridgehead atoms. The smallest absolute Gasteiger partial charge is 0.310 e. The van der Waals surface area contributed by atoms with Crippen molar-refractivity contribution in [2.24, 2.45) is 11.8 Å². The summed E-state index contributed by atoms with van der Waals surface area (Å²) in [5.41, 5.74) is 0. The Balaban J connectivity index is 2.02. The SMILES string of the molecule is CCCCCCCCCCCCCCCCC(CC)OC(=O)C1CCCCC1C(=O)O. The lowest BCUT2D eigenvalue weighted by Gasteiger charge is -2.28. The summed E-state index contributed by atoms with van der Waals surface area (Å²) in [6.07, 6.45) is 23.5.